The van der Waals surface area contributed by atoms with E-state index in [2.05, 4.69) is 25.1 Å². The molecule has 1 heterocycles. The molecule has 1 unspecified atom stereocenters. The highest BCUT2D eigenvalue weighted by molar-refractivity contribution is 7.99. The number of rotatable bonds is 2. The summed E-state index contributed by atoms with van der Waals surface area (Å²) < 4.78 is 0. The van der Waals surface area contributed by atoms with Gasteiger partial charge in [-0.3, -0.25) is 0 Å². The molecule has 0 aromatic heterocycles. The standard InChI is InChI=1S/C12H17NS/c1-9(13)8-10-4-2-6-12-11(10)5-3-7-14-12/h2,4,6,9H,3,5,7-8,13H2,1H3. The van der Waals surface area contributed by atoms with E-state index < -0.39 is 0 Å². The summed E-state index contributed by atoms with van der Waals surface area (Å²) in [5.41, 5.74) is 8.87. The molecule has 0 saturated carbocycles. The molecule has 2 N–H and O–H groups in total. The van der Waals surface area contributed by atoms with Gasteiger partial charge in [-0.05, 0) is 49.1 Å². The number of fused-ring (bicyclic) bond motifs is 1. The Morgan fingerprint density at radius 3 is 3.14 bits per heavy atom. The van der Waals surface area contributed by atoms with E-state index in [1.807, 2.05) is 11.8 Å². The van der Waals surface area contributed by atoms with E-state index in [1.165, 1.54) is 29.1 Å². The highest BCUT2D eigenvalue weighted by Gasteiger charge is 2.13. The Morgan fingerprint density at radius 2 is 2.36 bits per heavy atom. The molecule has 0 fully saturated rings. The highest BCUT2D eigenvalue weighted by atomic mass is 32.2. The molecule has 1 aromatic carbocycles. The molecule has 2 heteroatoms. The van der Waals surface area contributed by atoms with Gasteiger partial charge >= 0.3 is 0 Å². The molecule has 0 amide bonds. The lowest BCUT2D eigenvalue weighted by Crippen LogP contribution is -2.19. The average molecular weight is 207 g/mol. The Hall–Kier alpha value is -0.470. The Kier molecular flexibility index (Phi) is 3.14. The number of thioether (sulfide) groups is 1. The number of hydrogen-bond acceptors (Lipinski definition) is 2. The molecule has 76 valence electrons. The zero-order chi connectivity index (χ0) is 9.97. The maximum atomic E-state index is 5.85. The van der Waals surface area contributed by atoms with Gasteiger partial charge < -0.3 is 5.73 Å². The first-order valence-corrected chi connectivity index (χ1v) is 6.25. The van der Waals surface area contributed by atoms with E-state index in [1.54, 1.807) is 5.56 Å². The van der Waals surface area contributed by atoms with Crippen molar-refractivity contribution in [1.82, 2.24) is 0 Å². The molecule has 1 atom stereocenters. The van der Waals surface area contributed by atoms with Crippen LogP contribution in [0, 0.1) is 0 Å². The van der Waals surface area contributed by atoms with Gasteiger partial charge in [0.05, 0.1) is 0 Å². The average Bonchev–Trinajstić information content (AvgIpc) is 2.18. The Bertz CT molecular complexity index is 320. The van der Waals surface area contributed by atoms with Crippen LogP contribution in [0.15, 0.2) is 23.1 Å². The zero-order valence-corrected chi connectivity index (χ0v) is 9.44. The van der Waals surface area contributed by atoms with E-state index >= 15 is 0 Å². The highest BCUT2D eigenvalue weighted by Crippen LogP contribution is 2.32. The minimum Gasteiger partial charge on any atom is -0.328 e. The van der Waals surface area contributed by atoms with Crippen LogP contribution < -0.4 is 5.73 Å². The normalized spacial score (nSPS) is 17.6. The van der Waals surface area contributed by atoms with E-state index in [9.17, 15) is 0 Å². The van der Waals surface area contributed by atoms with Crippen molar-refractivity contribution in [2.24, 2.45) is 5.73 Å². The lowest BCUT2D eigenvalue weighted by atomic mass is 9.98. The van der Waals surface area contributed by atoms with Crippen LogP contribution in [-0.4, -0.2) is 11.8 Å². The van der Waals surface area contributed by atoms with Crippen LogP contribution in [0.1, 0.15) is 24.5 Å². The van der Waals surface area contributed by atoms with E-state index in [4.69, 9.17) is 5.73 Å². The molecule has 0 aliphatic carbocycles. The largest absolute Gasteiger partial charge is 0.328 e. The molecule has 1 nitrogen and oxygen atoms in total. The predicted molar refractivity (Wildman–Crippen MR) is 62.8 cm³/mol. The lowest BCUT2D eigenvalue weighted by Gasteiger charge is -2.19. The van der Waals surface area contributed by atoms with Crippen LogP contribution in [0.5, 0.6) is 0 Å². The van der Waals surface area contributed by atoms with Crippen LogP contribution in [0.2, 0.25) is 0 Å². The summed E-state index contributed by atoms with van der Waals surface area (Å²) in [6, 6.07) is 6.90. The van der Waals surface area contributed by atoms with Gasteiger partial charge in [-0.15, -0.1) is 11.8 Å². The van der Waals surface area contributed by atoms with Gasteiger partial charge in [0.1, 0.15) is 0 Å². The summed E-state index contributed by atoms with van der Waals surface area (Å²) in [6.07, 6.45) is 3.57. The third-order valence-electron chi connectivity index (χ3n) is 2.60. The molecule has 14 heavy (non-hydrogen) atoms. The van der Waals surface area contributed by atoms with E-state index in [-0.39, 0.29) is 6.04 Å². The van der Waals surface area contributed by atoms with Crippen LogP contribution in [0.3, 0.4) is 0 Å². The first kappa shape index (κ1) is 10.1. The SMILES string of the molecule is CC(N)Cc1cccc2c1CCCS2. The predicted octanol–water partition coefficient (Wildman–Crippen LogP) is 2.61. The van der Waals surface area contributed by atoms with Crippen LogP contribution in [-0.2, 0) is 12.8 Å². The second kappa shape index (κ2) is 4.37. The van der Waals surface area contributed by atoms with Gasteiger partial charge in [-0.25, -0.2) is 0 Å². The topological polar surface area (TPSA) is 26.0 Å². The fraction of sp³-hybridized carbons (Fsp3) is 0.500. The van der Waals surface area contributed by atoms with Crippen LogP contribution >= 0.6 is 11.8 Å². The van der Waals surface area contributed by atoms with Crippen molar-refractivity contribution in [1.29, 1.82) is 0 Å². The van der Waals surface area contributed by atoms with Crippen molar-refractivity contribution in [3.63, 3.8) is 0 Å². The maximum absolute atomic E-state index is 5.85. The third-order valence-corrected chi connectivity index (χ3v) is 3.79. The van der Waals surface area contributed by atoms with Gasteiger partial charge in [0.2, 0.25) is 0 Å². The monoisotopic (exact) mass is 207 g/mol. The molecule has 0 radical (unpaired) electrons. The Morgan fingerprint density at radius 1 is 1.50 bits per heavy atom. The van der Waals surface area contributed by atoms with E-state index in [0.29, 0.717) is 0 Å². The quantitative estimate of drug-likeness (QED) is 0.806. The second-order valence-electron chi connectivity index (χ2n) is 4.03. The fourth-order valence-electron chi connectivity index (χ4n) is 2.00. The Balaban J connectivity index is 2.30. The molecule has 0 saturated heterocycles. The fourth-order valence-corrected chi connectivity index (χ4v) is 3.09. The van der Waals surface area contributed by atoms with Gasteiger partial charge in [-0.1, -0.05) is 12.1 Å². The molecule has 1 aliphatic rings. The summed E-state index contributed by atoms with van der Waals surface area (Å²) in [7, 11) is 0. The summed E-state index contributed by atoms with van der Waals surface area (Å²) in [6.45, 7) is 2.08. The molecular formula is C12H17NS. The van der Waals surface area contributed by atoms with Gasteiger partial charge in [0.25, 0.3) is 0 Å². The minimum atomic E-state index is 0.272. The first-order valence-electron chi connectivity index (χ1n) is 5.26. The number of benzene rings is 1. The second-order valence-corrected chi connectivity index (χ2v) is 5.16. The first-order chi connectivity index (χ1) is 6.77. The van der Waals surface area contributed by atoms with Crippen LogP contribution in [0.25, 0.3) is 0 Å². The van der Waals surface area contributed by atoms with Crippen molar-refractivity contribution in [3.8, 4) is 0 Å². The summed E-state index contributed by atoms with van der Waals surface area (Å²) in [5.74, 6) is 1.27. The summed E-state index contributed by atoms with van der Waals surface area (Å²) in [4.78, 5) is 1.48. The van der Waals surface area contributed by atoms with Gasteiger partial charge in [-0.2, -0.15) is 0 Å². The molecular weight excluding hydrogens is 190 g/mol. The maximum Gasteiger partial charge on any atom is 0.0107 e. The molecule has 0 bridgehead atoms. The van der Waals surface area contributed by atoms with Crippen molar-refractivity contribution in [3.05, 3.63) is 29.3 Å². The smallest absolute Gasteiger partial charge is 0.0107 e. The summed E-state index contributed by atoms with van der Waals surface area (Å²) >= 11 is 1.99. The number of hydrogen-bond donors (Lipinski definition) is 1. The van der Waals surface area contributed by atoms with Gasteiger partial charge in [0.15, 0.2) is 0 Å². The molecule has 1 aromatic rings. The molecule has 1 aliphatic heterocycles. The molecule has 2 rings (SSSR count). The van der Waals surface area contributed by atoms with Crippen molar-refractivity contribution in [2.75, 3.05) is 5.75 Å². The van der Waals surface area contributed by atoms with Crippen molar-refractivity contribution < 1.29 is 0 Å². The molecule has 0 spiro atoms. The third kappa shape index (κ3) is 2.12. The van der Waals surface area contributed by atoms with Gasteiger partial charge in [0, 0.05) is 10.9 Å². The van der Waals surface area contributed by atoms with Crippen LogP contribution in [0.4, 0.5) is 0 Å². The van der Waals surface area contributed by atoms with Crippen molar-refractivity contribution in [2.45, 2.75) is 37.1 Å². The minimum absolute atomic E-state index is 0.272. The van der Waals surface area contributed by atoms with E-state index in [0.717, 1.165) is 6.42 Å². The zero-order valence-electron chi connectivity index (χ0n) is 8.62. The van der Waals surface area contributed by atoms with Crippen molar-refractivity contribution >= 4 is 11.8 Å². The number of nitrogens with two attached hydrogens (primary N) is 1. The Labute approximate surface area is 90.1 Å². The lowest BCUT2D eigenvalue weighted by molar-refractivity contribution is 0.723. The summed E-state index contributed by atoms with van der Waals surface area (Å²) in [5, 5.41) is 0.